The summed E-state index contributed by atoms with van der Waals surface area (Å²) < 4.78 is 31.0. The summed E-state index contributed by atoms with van der Waals surface area (Å²) in [5.74, 6) is -1.60. The molecule has 100 valence electrons. The van der Waals surface area contributed by atoms with Crippen LogP contribution in [0, 0.1) is 18.6 Å². The molecule has 0 spiro atoms. The van der Waals surface area contributed by atoms with Crippen molar-refractivity contribution in [2.24, 2.45) is 0 Å². The molecule has 0 aliphatic rings. The maximum Gasteiger partial charge on any atom is 0.277 e. The molecular formula is C11H9F2N3O2S. The molecule has 0 bridgehead atoms. The van der Waals surface area contributed by atoms with Crippen LogP contribution in [0.2, 0.25) is 0 Å². The molecule has 0 radical (unpaired) electrons. The monoisotopic (exact) mass is 285 g/mol. The zero-order chi connectivity index (χ0) is 13.8. The Morgan fingerprint density at radius 2 is 2.21 bits per heavy atom. The molecular weight excluding hydrogens is 276 g/mol. The minimum Gasteiger partial charge on any atom is -0.416 e. The van der Waals surface area contributed by atoms with E-state index < -0.39 is 17.5 Å². The van der Waals surface area contributed by atoms with E-state index in [1.165, 1.54) is 0 Å². The third kappa shape index (κ3) is 3.75. The molecule has 5 nitrogen and oxygen atoms in total. The van der Waals surface area contributed by atoms with E-state index >= 15 is 0 Å². The zero-order valence-electron chi connectivity index (χ0n) is 9.81. The number of nitrogens with one attached hydrogen (secondary N) is 1. The van der Waals surface area contributed by atoms with Gasteiger partial charge in [-0.2, -0.15) is 0 Å². The molecule has 0 saturated heterocycles. The number of rotatable bonds is 4. The summed E-state index contributed by atoms with van der Waals surface area (Å²) in [6.07, 6.45) is 0. The van der Waals surface area contributed by atoms with Crippen LogP contribution in [0.1, 0.15) is 5.89 Å². The minimum atomic E-state index is -0.827. The van der Waals surface area contributed by atoms with Crippen molar-refractivity contribution >= 4 is 23.4 Å². The molecule has 2 rings (SSSR count). The largest absolute Gasteiger partial charge is 0.416 e. The highest BCUT2D eigenvalue weighted by Crippen LogP contribution is 2.18. The van der Waals surface area contributed by atoms with Gasteiger partial charge in [-0.05, 0) is 12.1 Å². The molecule has 1 N–H and O–H groups in total. The second kappa shape index (κ2) is 5.79. The predicted octanol–water partition coefficient (Wildman–Crippen LogP) is 2.39. The number of nitrogens with zero attached hydrogens (tertiary/aromatic N) is 2. The number of aromatic nitrogens is 2. The molecule has 1 aromatic carbocycles. The van der Waals surface area contributed by atoms with Crippen LogP contribution < -0.4 is 5.32 Å². The maximum atomic E-state index is 13.3. The fourth-order valence-electron chi connectivity index (χ4n) is 1.24. The lowest BCUT2D eigenvalue weighted by Gasteiger charge is -2.05. The van der Waals surface area contributed by atoms with Crippen LogP contribution in [0.5, 0.6) is 0 Å². The molecule has 1 amide bonds. The van der Waals surface area contributed by atoms with Gasteiger partial charge in [0.1, 0.15) is 11.6 Å². The number of halogens is 2. The molecule has 2 aromatic rings. The summed E-state index contributed by atoms with van der Waals surface area (Å²) in [7, 11) is 0. The fraction of sp³-hybridized carbons (Fsp3) is 0.182. The number of anilines is 1. The van der Waals surface area contributed by atoms with Crippen LogP contribution in [0.25, 0.3) is 0 Å². The highest BCUT2D eigenvalue weighted by molar-refractivity contribution is 7.99. The van der Waals surface area contributed by atoms with Gasteiger partial charge in [-0.3, -0.25) is 4.79 Å². The van der Waals surface area contributed by atoms with Crippen molar-refractivity contribution in [3.63, 3.8) is 0 Å². The van der Waals surface area contributed by atoms with Gasteiger partial charge in [0.25, 0.3) is 5.22 Å². The number of hydrogen-bond donors (Lipinski definition) is 1. The smallest absolute Gasteiger partial charge is 0.277 e. The van der Waals surface area contributed by atoms with Crippen LogP contribution in [0.15, 0.2) is 27.8 Å². The fourth-order valence-corrected chi connectivity index (χ4v) is 1.85. The van der Waals surface area contributed by atoms with Crippen molar-refractivity contribution in [1.82, 2.24) is 10.2 Å². The van der Waals surface area contributed by atoms with Gasteiger partial charge in [0.2, 0.25) is 11.8 Å². The standard InChI is InChI=1S/C11H9F2N3O2S/c1-6-15-16-11(18-6)19-5-10(17)14-9-3-2-7(12)4-8(9)13/h2-4H,5H2,1H3,(H,14,17). The van der Waals surface area contributed by atoms with Crippen LogP contribution in [-0.2, 0) is 4.79 Å². The summed E-state index contributed by atoms with van der Waals surface area (Å²) in [5.41, 5.74) is -0.0753. The molecule has 0 fully saturated rings. The van der Waals surface area contributed by atoms with Gasteiger partial charge in [0, 0.05) is 13.0 Å². The Balaban J connectivity index is 1.90. The van der Waals surface area contributed by atoms with Crippen LogP contribution in [0.4, 0.5) is 14.5 Å². The van der Waals surface area contributed by atoms with Gasteiger partial charge in [-0.15, -0.1) is 10.2 Å². The minimum absolute atomic E-state index is 0.0154. The highest BCUT2D eigenvalue weighted by atomic mass is 32.2. The van der Waals surface area contributed by atoms with E-state index in [-0.39, 0.29) is 16.7 Å². The van der Waals surface area contributed by atoms with Crippen molar-refractivity contribution in [2.75, 3.05) is 11.1 Å². The van der Waals surface area contributed by atoms with Crippen LogP contribution in [-0.4, -0.2) is 21.9 Å². The molecule has 0 unspecified atom stereocenters. The van der Waals surface area contributed by atoms with Crippen LogP contribution in [0.3, 0.4) is 0 Å². The molecule has 1 aromatic heterocycles. The van der Waals surface area contributed by atoms with Crippen molar-refractivity contribution in [3.05, 3.63) is 35.7 Å². The van der Waals surface area contributed by atoms with Crippen molar-refractivity contribution in [1.29, 1.82) is 0 Å². The lowest BCUT2D eigenvalue weighted by molar-refractivity contribution is -0.113. The number of hydrogen-bond acceptors (Lipinski definition) is 5. The van der Waals surface area contributed by atoms with Gasteiger partial charge in [-0.25, -0.2) is 8.78 Å². The van der Waals surface area contributed by atoms with E-state index in [1.54, 1.807) is 6.92 Å². The van der Waals surface area contributed by atoms with E-state index in [1.807, 2.05) is 0 Å². The Hall–Kier alpha value is -1.96. The Bertz CT molecular complexity index is 603. The zero-order valence-corrected chi connectivity index (χ0v) is 10.6. The Labute approximate surface area is 111 Å². The summed E-state index contributed by atoms with van der Waals surface area (Å²) in [6.45, 7) is 1.63. The van der Waals surface area contributed by atoms with Crippen molar-refractivity contribution in [2.45, 2.75) is 12.1 Å². The topological polar surface area (TPSA) is 68.0 Å². The Morgan fingerprint density at radius 1 is 1.42 bits per heavy atom. The van der Waals surface area contributed by atoms with Crippen molar-refractivity contribution in [3.8, 4) is 0 Å². The average Bonchev–Trinajstić information content (AvgIpc) is 2.76. The lowest BCUT2D eigenvalue weighted by Crippen LogP contribution is -2.15. The number of carbonyl (C=O) groups is 1. The molecule has 0 aliphatic carbocycles. The van der Waals surface area contributed by atoms with Gasteiger partial charge in [0.05, 0.1) is 11.4 Å². The molecule has 0 aliphatic heterocycles. The Morgan fingerprint density at radius 3 is 2.84 bits per heavy atom. The first kappa shape index (κ1) is 13.5. The second-order valence-corrected chi connectivity index (χ2v) is 4.47. The van der Waals surface area contributed by atoms with Crippen LogP contribution >= 0.6 is 11.8 Å². The predicted molar refractivity (Wildman–Crippen MR) is 64.7 cm³/mol. The van der Waals surface area contributed by atoms with E-state index in [0.717, 1.165) is 23.9 Å². The number of amides is 1. The third-order valence-corrected chi connectivity index (χ3v) is 2.86. The number of carbonyl (C=O) groups excluding carboxylic acids is 1. The second-order valence-electron chi connectivity index (χ2n) is 3.55. The molecule has 8 heteroatoms. The van der Waals surface area contributed by atoms with Gasteiger partial charge >= 0.3 is 0 Å². The normalized spacial score (nSPS) is 10.5. The average molecular weight is 285 g/mol. The summed E-state index contributed by atoms with van der Waals surface area (Å²) in [6, 6.07) is 2.92. The SMILES string of the molecule is Cc1nnc(SCC(=O)Nc2ccc(F)cc2F)o1. The molecule has 19 heavy (non-hydrogen) atoms. The van der Waals surface area contributed by atoms with Crippen molar-refractivity contribution < 1.29 is 18.0 Å². The molecule has 1 heterocycles. The van der Waals surface area contributed by atoms with E-state index in [2.05, 4.69) is 15.5 Å². The summed E-state index contributed by atoms with van der Waals surface area (Å²) in [4.78, 5) is 11.5. The van der Waals surface area contributed by atoms with Gasteiger partial charge in [0.15, 0.2) is 0 Å². The van der Waals surface area contributed by atoms with Gasteiger partial charge in [-0.1, -0.05) is 11.8 Å². The number of benzene rings is 1. The lowest BCUT2D eigenvalue weighted by atomic mass is 10.3. The Kier molecular flexibility index (Phi) is 4.10. The number of aryl methyl sites for hydroxylation is 1. The summed E-state index contributed by atoms with van der Waals surface area (Å²) in [5, 5.41) is 9.88. The van der Waals surface area contributed by atoms with Gasteiger partial charge < -0.3 is 9.73 Å². The maximum absolute atomic E-state index is 13.3. The first-order chi connectivity index (χ1) is 9.04. The number of thioether (sulfide) groups is 1. The third-order valence-electron chi connectivity index (χ3n) is 2.04. The molecule has 0 atom stereocenters. The first-order valence-corrected chi connectivity index (χ1v) is 6.21. The summed E-state index contributed by atoms with van der Waals surface area (Å²) >= 11 is 1.03. The van der Waals surface area contributed by atoms with E-state index in [9.17, 15) is 13.6 Å². The highest BCUT2D eigenvalue weighted by Gasteiger charge is 2.10. The van der Waals surface area contributed by atoms with E-state index in [4.69, 9.17) is 4.42 Å². The van der Waals surface area contributed by atoms with E-state index in [0.29, 0.717) is 12.0 Å². The first-order valence-electron chi connectivity index (χ1n) is 5.22. The molecule has 0 saturated carbocycles. The quantitative estimate of drug-likeness (QED) is 0.874.